The van der Waals surface area contributed by atoms with Crippen LogP contribution in [0, 0.1) is 23.7 Å². The third kappa shape index (κ3) is 3.52. The zero-order valence-corrected chi connectivity index (χ0v) is 18.9. The topological polar surface area (TPSA) is 55.8 Å². The zero-order chi connectivity index (χ0) is 21.7. The first-order valence-electron chi connectivity index (χ1n) is 11.5. The number of aliphatic hydroxyl groups is 1. The Labute approximate surface area is 180 Å². The van der Waals surface area contributed by atoms with Crippen molar-refractivity contribution < 1.29 is 19.4 Å². The fraction of sp³-hybridized carbons (Fsp3) is 0.654. The molecule has 7 atom stereocenters. The van der Waals surface area contributed by atoms with Crippen LogP contribution < -0.4 is 0 Å². The molecule has 4 heteroatoms. The van der Waals surface area contributed by atoms with Gasteiger partial charge in [-0.3, -0.25) is 0 Å². The molecule has 4 rings (SSSR count). The van der Waals surface area contributed by atoms with Crippen LogP contribution in [0.4, 0.5) is 0 Å². The monoisotopic (exact) mass is 412 g/mol. The summed E-state index contributed by atoms with van der Waals surface area (Å²) >= 11 is 0. The molecule has 0 spiro atoms. The Morgan fingerprint density at radius 1 is 1.30 bits per heavy atom. The summed E-state index contributed by atoms with van der Waals surface area (Å²) in [5, 5.41) is 11.0. The van der Waals surface area contributed by atoms with Crippen molar-refractivity contribution in [1.82, 2.24) is 0 Å². The van der Waals surface area contributed by atoms with Gasteiger partial charge in [0, 0.05) is 18.4 Å². The van der Waals surface area contributed by atoms with Crippen LogP contribution in [-0.4, -0.2) is 34.5 Å². The number of benzene rings is 1. The van der Waals surface area contributed by atoms with Crippen LogP contribution in [0.25, 0.3) is 5.57 Å². The van der Waals surface area contributed by atoms with Crippen LogP contribution in [0.1, 0.15) is 65.9 Å². The minimum Gasteiger partial charge on any atom is -0.456 e. The number of hydrogen-bond acceptors (Lipinski definition) is 4. The molecule has 164 valence electrons. The third-order valence-electron chi connectivity index (χ3n) is 7.84. The molecule has 3 aliphatic rings. The van der Waals surface area contributed by atoms with Crippen LogP contribution in [0.3, 0.4) is 0 Å². The summed E-state index contributed by atoms with van der Waals surface area (Å²) in [5.74, 6) is 0.981. The van der Waals surface area contributed by atoms with Crippen LogP contribution in [0.15, 0.2) is 36.4 Å². The molecular weight excluding hydrogens is 376 g/mol. The number of aliphatic hydroxyl groups excluding tert-OH is 1. The molecule has 2 heterocycles. The van der Waals surface area contributed by atoms with E-state index in [4.69, 9.17) is 9.47 Å². The van der Waals surface area contributed by atoms with E-state index in [1.54, 1.807) is 6.08 Å². The van der Waals surface area contributed by atoms with E-state index >= 15 is 0 Å². The molecule has 0 amide bonds. The molecule has 1 aromatic rings. The van der Waals surface area contributed by atoms with Crippen molar-refractivity contribution >= 4 is 11.5 Å². The van der Waals surface area contributed by atoms with Crippen molar-refractivity contribution in [2.45, 2.75) is 83.7 Å². The first kappa shape index (κ1) is 21.6. The lowest BCUT2D eigenvalue weighted by atomic mass is 9.70. The maximum atomic E-state index is 13.0. The number of allylic oxidation sites excluding steroid dienone is 1. The Kier molecular flexibility index (Phi) is 5.61. The van der Waals surface area contributed by atoms with Gasteiger partial charge in [-0.2, -0.15) is 0 Å². The summed E-state index contributed by atoms with van der Waals surface area (Å²) in [6.07, 6.45) is 4.21. The van der Waals surface area contributed by atoms with Gasteiger partial charge in [0.15, 0.2) is 0 Å². The summed E-state index contributed by atoms with van der Waals surface area (Å²) in [6.45, 7) is 10.6. The second-order valence-electron chi connectivity index (χ2n) is 10.5. The van der Waals surface area contributed by atoms with E-state index in [0.29, 0.717) is 18.3 Å². The van der Waals surface area contributed by atoms with Crippen molar-refractivity contribution in [3.05, 3.63) is 42.0 Å². The Balaban J connectivity index is 1.66. The van der Waals surface area contributed by atoms with Gasteiger partial charge in [-0.1, -0.05) is 51.1 Å². The second-order valence-corrected chi connectivity index (χ2v) is 10.5. The smallest absolute Gasteiger partial charge is 0.331 e. The average molecular weight is 413 g/mol. The fourth-order valence-corrected chi connectivity index (χ4v) is 6.57. The van der Waals surface area contributed by atoms with Crippen molar-refractivity contribution in [1.29, 1.82) is 0 Å². The van der Waals surface area contributed by atoms with Crippen molar-refractivity contribution in [3.63, 3.8) is 0 Å². The Morgan fingerprint density at radius 2 is 2.00 bits per heavy atom. The standard InChI is InChI=1S/C26H36O4/c1-16(2)14-26-15-21(27)25(5,30-26)20-12-11-17(3)23(20)24(26)29-22(28)13-18(4)19-9-7-6-8-10-19/h6-10,13,16-17,20-21,23-24,27H,11-12,14-15H2,1-5H3/b18-13+. The summed E-state index contributed by atoms with van der Waals surface area (Å²) in [5.41, 5.74) is 0.764. The van der Waals surface area contributed by atoms with Gasteiger partial charge < -0.3 is 14.6 Å². The van der Waals surface area contributed by atoms with Crippen molar-refractivity contribution in [3.8, 4) is 0 Å². The minimum atomic E-state index is -0.605. The molecule has 2 saturated heterocycles. The molecule has 4 nitrogen and oxygen atoms in total. The lowest BCUT2D eigenvalue weighted by Gasteiger charge is -2.52. The van der Waals surface area contributed by atoms with Crippen LogP contribution >= 0.6 is 0 Å². The van der Waals surface area contributed by atoms with Crippen LogP contribution in [0.5, 0.6) is 0 Å². The summed E-state index contributed by atoms with van der Waals surface area (Å²) in [6, 6.07) is 9.90. The van der Waals surface area contributed by atoms with Gasteiger partial charge in [0.2, 0.25) is 0 Å². The molecule has 0 aromatic heterocycles. The van der Waals surface area contributed by atoms with Gasteiger partial charge in [0.1, 0.15) is 11.7 Å². The van der Waals surface area contributed by atoms with E-state index in [-0.39, 0.29) is 23.9 Å². The van der Waals surface area contributed by atoms with Gasteiger partial charge in [-0.05, 0) is 62.0 Å². The zero-order valence-electron chi connectivity index (χ0n) is 18.9. The predicted molar refractivity (Wildman–Crippen MR) is 118 cm³/mol. The molecule has 2 aliphatic heterocycles. The van der Waals surface area contributed by atoms with Gasteiger partial charge in [0.25, 0.3) is 0 Å². The quantitative estimate of drug-likeness (QED) is 0.546. The molecule has 3 fully saturated rings. The number of esters is 1. The fourth-order valence-electron chi connectivity index (χ4n) is 6.57. The molecule has 30 heavy (non-hydrogen) atoms. The summed E-state index contributed by atoms with van der Waals surface area (Å²) in [4.78, 5) is 13.0. The van der Waals surface area contributed by atoms with Gasteiger partial charge >= 0.3 is 5.97 Å². The van der Waals surface area contributed by atoms with E-state index in [9.17, 15) is 9.90 Å². The van der Waals surface area contributed by atoms with Crippen LogP contribution in [-0.2, 0) is 14.3 Å². The number of ether oxygens (including phenoxy) is 2. The largest absolute Gasteiger partial charge is 0.456 e. The number of carbonyl (C=O) groups is 1. The minimum absolute atomic E-state index is 0.224. The number of hydrogen-bond donors (Lipinski definition) is 1. The Hall–Kier alpha value is -1.65. The lowest BCUT2D eigenvalue weighted by Crippen LogP contribution is -2.60. The number of rotatable bonds is 5. The molecule has 1 saturated carbocycles. The van der Waals surface area contributed by atoms with E-state index in [1.165, 1.54) is 0 Å². The van der Waals surface area contributed by atoms with Gasteiger partial charge in [-0.15, -0.1) is 0 Å². The molecule has 1 aromatic carbocycles. The Morgan fingerprint density at radius 3 is 2.67 bits per heavy atom. The first-order valence-corrected chi connectivity index (χ1v) is 11.5. The highest BCUT2D eigenvalue weighted by molar-refractivity contribution is 5.91. The normalized spacial score (nSPS) is 40.5. The third-order valence-corrected chi connectivity index (χ3v) is 7.84. The van der Waals surface area contributed by atoms with Gasteiger partial charge in [-0.25, -0.2) is 4.79 Å². The molecule has 7 unspecified atom stereocenters. The van der Waals surface area contributed by atoms with E-state index < -0.39 is 17.3 Å². The highest BCUT2D eigenvalue weighted by Gasteiger charge is 2.70. The highest BCUT2D eigenvalue weighted by atomic mass is 16.6. The second kappa shape index (κ2) is 7.80. The Bertz CT molecular complexity index is 816. The molecule has 1 N–H and O–H groups in total. The maximum Gasteiger partial charge on any atom is 0.331 e. The highest BCUT2D eigenvalue weighted by Crippen LogP contribution is 2.62. The number of fused-ring (bicyclic) bond motifs is 4. The first-order chi connectivity index (χ1) is 14.2. The number of carbonyl (C=O) groups excluding carboxylic acids is 1. The van der Waals surface area contributed by atoms with E-state index in [1.807, 2.05) is 37.3 Å². The van der Waals surface area contributed by atoms with E-state index in [0.717, 1.165) is 30.4 Å². The summed E-state index contributed by atoms with van der Waals surface area (Å²) < 4.78 is 13.0. The van der Waals surface area contributed by atoms with Crippen molar-refractivity contribution in [2.75, 3.05) is 0 Å². The van der Waals surface area contributed by atoms with Crippen molar-refractivity contribution in [2.24, 2.45) is 23.7 Å². The predicted octanol–water partition coefficient (Wildman–Crippen LogP) is 5.00. The van der Waals surface area contributed by atoms with Crippen LogP contribution in [0.2, 0.25) is 0 Å². The van der Waals surface area contributed by atoms with E-state index in [2.05, 4.69) is 27.7 Å². The average Bonchev–Trinajstić information content (AvgIpc) is 3.17. The maximum absolute atomic E-state index is 13.0. The molecule has 1 aliphatic carbocycles. The van der Waals surface area contributed by atoms with Gasteiger partial charge in [0.05, 0.1) is 11.7 Å². The SMILES string of the molecule is C/C(=C\C(=O)OC1C2C(C)CCC2C2(C)OC1(CC(C)C)CC2O)c1ccccc1. The summed E-state index contributed by atoms with van der Waals surface area (Å²) in [7, 11) is 0. The lowest BCUT2D eigenvalue weighted by molar-refractivity contribution is -0.255. The molecule has 0 radical (unpaired) electrons. The molecule has 2 bridgehead atoms. The molecular formula is C26H36O4.